The highest BCUT2D eigenvalue weighted by Gasteiger charge is 2.57. The summed E-state index contributed by atoms with van der Waals surface area (Å²) in [4.78, 5) is 43.2. The van der Waals surface area contributed by atoms with Gasteiger partial charge >= 0.3 is 6.03 Å². The lowest BCUT2D eigenvalue weighted by Crippen LogP contribution is -2.58. The van der Waals surface area contributed by atoms with Gasteiger partial charge in [0.25, 0.3) is 5.91 Å². The van der Waals surface area contributed by atoms with Crippen LogP contribution in [-0.4, -0.2) is 65.5 Å². The van der Waals surface area contributed by atoms with E-state index in [0.29, 0.717) is 52.0 Å². The molecule has 4 amide bonds. The number of hydrogen-bond acceptors (Lipinski definition) is 4. The fourth-order valence-electron chi connectivity index (χ4n) is 5.86. The van der Waals surface area contributed by atoms with Crippen molar-refractivity contribution in [1.29, 1.82) is 0 Å². The summed E-state index contributed by atoms with van der Waals surface area (Å²) in [5.41, 5.74) is 1.77. The summed E-state index contributed by atoms with van der Waals surface area (Å²) >= 11 is 0. The second-order valence-electron chi connectivity index (χ2n) is 10.2. The molecule has 8 heteroatoms. The SMILES string of the molecule is Cc1cccc(CC(=O)N2CCC([C@]3(Cc4ccc(F)cc4)NC(=O)N([C@H]4CCOC4)C3=O)CC2)c1. The first-order chi connectivity index (χ1) is 17.4. The van der Waals surface area contributed by atoms with E-state index < -0.39 is 11.6 Å². The Morgan fingerprint density at radius 1 is 1.08 bits per heavy atom. The average molecular weight is 494 g/mol. The van der Waals surface area contributed by atoms with E-state index in [1.165, 1.54) is 17.0 Å². The van der Waals surface area contributed by atoms with Crippen LogP contribution in [0.4, 0.5) is 9.18 Å². The molecule has 3 heterocycles. The van der Waals surface area contributed by atoms with Crippen LogP contribution >= 0.6 is 0 Å². The first kappa shape index (κ1) is 24.4. The third-order valence-electron chi connectivity index (χ3n) is 7.80. The normalized spacial score (nSPS) is 24.9. The summed E-state index contributed by atoms with van der Waals surface area (Å²) in [6.07, 6.45) is 2.45. The van der Waals surface area contributed by atoms with Crippen molar-refractivity contribution in [3.8, 4) is 0 Å². The minimum atomic E-state index is -1.12. The molecule has 1 N–H and O–H groups in total. The monoisotopic (exact) mass is 493 g/mol. The highest BCUT2D eigenvalue weighted by Crippen LogP contribution is 2.38. The third-order valence-corrected chi connectivity index (χ3v) is 7.80. The van der Waals surface area contributed by atoms with Gasteiger partial charge in [-0.3, -0.25) is 14.5 Å². The van der Waals surface area contributed by atoms with Crippen LogP contribution < -0.4 is 5.32 Å². The molecule has 0 radical (unpaired) electrons. The highest BCUT2D eigenvalue weighted by atomic mass is 19.1. The van der Waals surface area contributed by atoms with Gasteiger partial charge in [0, 0.05) is 26.1 Å². The molecular weight excluding hydrogens is 461 g/mol. The quantitative estimate of drug-likeness (QED) is 0.627. The maximum atomic E-state index is 13.9. The number of ether oxygens (including phenoxy) is 1. The Morgan fingerprint density at radius 3 is 2.50 bits per heavy atom. The van der Waals surface area contributed by atoms with Gasteiger partial charge in [-0.15, -0.1) is 0 Å². The summed E-state index contributed by atoms with van der Waals surface area (Å²) < 4.78 is 19.0. The van der Waals surface area contributed by atoms with Gasteiger partial charge in [0.1, 0.15) is 11.4 Å². The first-order valence-corrected chi connectivity index (χ1v) is 12.7. The minimum absolute atomic E-state index is 0.0677. The van der Waals surface area contributed by atoms with Crippen LogP contribution in [0.5, 0.6) is 0 Å². The number of nitrogens with one attached hydrogen (secondary N) is 1. The molecule has 2 aromatic rings. The molecule has 3 fully saturated rings. The Labute approximate surface area is 210 Å². The van der Waals surface area contributed by atoms with E-state index >= 15 is 0 Å². The maximum absolute atomic E-state index is 13.9. The van der Waals surface area contributed by atoms with Crippen molar-refractivity contribution in [2.75, 3.05) is 26.3 Å². The highest BCUT2D eigenvalue weighted by molar-refractivity contribution is 6.07. The number of aryl methyl sites for hydroxylation is 1. The zero-order valence-corrected chi connectivity index (χ0v) is 20.5. The summed E-state index contributed by atoms with van der Waals surface area (Å²) in [6.45, 7) is 3.92. The largest absolute Gasteiger partial charge is 0.379 e. The average Bonchev–Trinajstić information content (AvgIpc) is 3.47. The number of halogens is 1. The predicted molar refractivity (Wildman–Crippen MR) is 132 cm³/mol. The molecule has 5 rings (SSSR count). The zero-order chi connectivity index (χ0) is 25.3. The molecule has 0 aromatic heterocycles. The number of piperidine rings is 1. The van der Waals surface area contributed by atoms with E-state index in [4.69, 9.17) is 4.74 Å². The van der Waals surface area contributed by atoms with Crippen molar-refractivity contribution in [1.82, 2.24) is 15.1 Å². The Bertz CT molecular complexity index is 1140. The smallest absolute Gasteiger partial charge is 0.325 e. The number of likely N-dealkylation sites (tertiary alicyclic amines) is 1. The van der Waals surface area contributed by atoms with Crippen LogP contribution in [0.1, 0.15) is 36.0 Å². The first-order valence-electron chi connectivity index (χ1n) is 12.7. The van der Waals surface area contributed by atoms with Gasteiger partial charge in [0.2, 0.25) is 5.91 Å². The fourth-order valence-corrected chi connectivity index (χ4v) is 5.86. The van der Waals surface area contributed by atoms with Gasteiger partial charge in [0.15, 0.2) is 0 Å². The van der Waals surface area contributed by atoms with Gasteiger partial charge in [0.05, 0.1) is 19.1 Å². The number of benzene rings is 2. The Balaban J connectivity index is 1.34. The van der Waals surface area contributed by atoms with Gasteiger partial charge in [-0.25, -0.2) is 9.18 Å². The number of carbonyl (C=O) groups is 3. The van der Waals surface area contributed by atoms with E-state index in [-0.39, 0.29) is 36.0 Å². The molecule has 7 nitrogen and oxygen atoms in total. The molecule has 3 saturated heterocycles. The molecule has 3 aliphatic rings. The van der Waals surface area contributed by atoms with Crippen molar-refractivity contribution in [3.05, 3.63) is 71.0 Å². The summed E-state index contributed by atoms with van der Waals surface area (Å²) in [6, 6.07) is 13.4. The molecule has 0 spiro atoms. The van der Waals surface area contributed by atoms with E-state index in [9.17, 15) is 18.8 Å². The van der Waals surface area contributed by atoms with E-state index in [1.807, 2.05) is 36.1 Å². The van der Waals surface area contributed by atoms with E-state index in [0.717, 1.165) is 16.7 Å². The van der Waals surface area contributed by atoms with Crippen LogP contribution in [0.3, 0.4) is 0 Å². The maximum Gasteiger partial charge on any atom is 0.325 e. The van der Waals surface area contributed by atoms with Gasteiger partial charge in [-0.05, 0) is 55.4 Å². The molecule has 190 valence electrons. The topological polar surface area (TPSA) is 79.0 Å². The number of nitrogens with zero attached hydrogens (tertiary/aromatic N) is 2. The minimum Gasteiger partial charge on any atom is -0.379 e. The molecule has 0 saturated carbocycles. The number of rotatable bonds is 6. The molecule has 36 heavy (non-hydrogen) atoms. The van der Waals surface area contributed by atoms with Crippen LogP contribution in [0, 0.1) is 18.7 Å². The van der Waals surface area contributed by atoms with Crippen molar-refractivity contribution in [2.45, 2.75) is 50.6 Å². The number of carbonyl (C=O) groups excluding carboxylic acids is 3. The molecular formula is C28H32FN3O4. The summed E-state index contributed by atoms with van der Waals surface area (Å²) in [5.74, 6) is -0.663. The Morgan fingerprint density at radius 2 is 1.83 bits per heavy atom. The lowest BCUT2D eigenvalue weighted by Gasteiger charge is -2.41. The molecule has 0 aliphatic carbocycles. The standard InChI is InChI=1S/C28H32FN3O4/c1-19-3-2-4-21(15-19)16-25(33)31-12-9-22(10-13-31)28(17-20-5-7-23(29)8-6-20)26(34)32(27(35)30-28)24-11-14-36-18-24/h2-8,15,22,24H,9-14,16-18H2,1H3,(H,30,35)/t24-,28-/m0/s1. The second-order valence-corrected chi connectivity index (χ2v) is 10.2. The summed E-state index contributed by atoms with van der Waals surface area (Å²) in [7, 11) is 0. The lowest BCUT2D eigenvalue weighted by atomic mass is 9.73. The van der Waals surface area contributed by atoms with E-state index in [2.05, 4.69) is 5.32 Å². The number of urea groups is 1. The third kappa shape index (κ3) is 4.74. The van der Waals surface area contributed by atoms with Crippen LogP contribution in [0.2, 0.25) is 0 Å². The van der Waals surface area contributed by atoms with E-state index in [1.54, 1.807) is 12.1 Å². The number of amides is 4. The molecule has 2 atom stereocenters. The van der Waals surface area contributed by atoms with Gasteiger partial charge < -0.3 is 15.0 Å². The fraction of sp³-hybridized carbons (Fsp3) is 0.464. The molecule has 3 aliphatic heterocycles. The van der Waals surface area contributed by atoms with Crippen LogP contribution in [-0.2, 0) is 27.2 Å². The van der Waals surface area contributed by atoms with Crippen LogP contribution in [0.25, 0.3) is 0 Å². The van der Waals surface area contributed by atoms with Gasteiger partial charge in [-0.2, -0.15) is 0 Å². The number of hydrogen-bond donors (Lipinski definition) is 1. The van der Waals surface area contributed by atoms with Crippen molar-refractivity contribution in [3.63, 3.8) is 0 Å². The van der Waals surface area contributed by atoms with Crippen molar-refractivity contribution >= 4 is 17.8 Å². The molecule has 0 unspecified atom stereocenters. The van der Waals surface area contributed by atoms with Crippen LogP contribution in [0.15, 0.2) is 48.5 Å². The Kier molecular flexibility index (Phi) is 6.79. The Hall–Kier alpha value is -3.26. The lowest BCUT2D eigenvalue weighted by molar-refractivity contribution is -0.137. The van der Waals surface area contributed by atoms with Crippen molar-refractivity contribution < 1.29 is 23.5 Å². The van der Waals surface area contributed by atoms with Crippen molar-refractivity contribution in [2.24, 2.45) is 5.92 Å². The summed E-state index contributed by atoms with van der Waals surface area (Å²) in [5, 5.41) is 3.05. The predicted octanol–water partition coefficient (Wildman–Crippen LogP) is 3.24. The molecule has 0 bridgehead atoms. The molecule has 2 aromatic carbocycles. The second kappa shape index (κ2) is 10.0. The number of imide groups is 1. The zero-order valence-electron chi connectivity index (χ0n) is 20.5. The van der Waals surface area contributed by atoms with Gasteiger partial charge in [-0.1, -0.05) is 42.0 Å².